The van der Waals surface area contributed by atoms with Gasteiger partial charge in [-0.3, -0.25) is 9.36 Å². The van der Waals surface area contributed by atoms with Gasteiger partial charge in [0, 0.05) is 13.1 Å². The number of rotatable bonds is 7. The largest absolute Gasteiger partial charge is 0.480 e. The maximum atomic E-state index is 14.0. The summed E-state index contributed by atoms with van der Waals surface area (Å²) in [6, 6.07) is 8.93. The van der Waals surface area contributed by atoms with Crippen molar-refractivity contribution in [3.63, 3.8) is 0 Å². The fourth-order valence-corrected chi connectivity index (χ4v) is 5.86. The summed E-state index contributed by atoms with van der Waals surface area (Å²) in [6.07, 6.45) is 1.37. The van der Waals surface area contributed by atoms with Gasteiger partial charge in [0.2, 0.25) is 5.89 Å². The number of hydrogen-bond donors (Lipinski definition) is 1. The number of carbonyl (C=O) groups is 2. The summed E-state index contributed by atoms with van der Waals surface area (Å²) in [5.74, 6) is -1.09. The first kappa shape index (κ1) is 27.3. The van der Waals surface area contributed by atoms with Crippen LogP contribution >= 0.6 is 11.3 Å². The van der Waals surface area contributed by atoms with Crippen molar-refractivity contribution in [1.82, 2.24) is 19.0 Å². The second-order valence-electron chi connectivity index (χ2n) is 9.85. The highest BCUT2D eigenvalue weighted by Gasteiger charge is 2.36. The molecule has 1 N–H and O–H groups in total. The Kier molecular flexibility index (Phi) is 7.34. The molecule has 1 aliphatic rings. The number of morpholine rings is 1. The van der Waals surface area contributed by atoms with Gasteiger partial charge in [0.15, 0.2) is 0 Å². The van der Waals surface area contributed by atoms with E-state index < -0.39 is 35.0 Å². The van der Waals surface area contributed by atoms with E-state index in [-0.39, 0.29) is 17.8 Å². The molecule has 1 fully saturated rings. The Labute approximate surface area is 232 Å². The number of aromatic nitrogens is 3. The lowest BCUT2D eigenvalue weighted by atomic mass is 10.1. The van der Waals surface area contributed by atoms with Crippen LogP contribution in [0.2, 0.25) is 0 Å². The van der Waals surface area contributed by atoms with E-state index in [1.807, 2.05) is 6.07 Å². The zero-order valence-electron chi connectivity index (χ0n) is 22.2. The summed E-state index contributed by atoms with van der Waals surface area (Å²) in [5.41, 5.74) is -2.32. The molecule has 40 heavy (non-hydrogen) atoms. The molecule has 0 saturated carbocycles. The number of aliphatic carboxylic acids is 1. The van der Waals surface area contributed by atoms with Gasteiger partial charge in [-0.1, -0.05) is 30.3 Å². The van der Waals surface area contributed by atoms with E-state index in [0.717, 1.165) is 15.9 Å². The quantitative estimate of drug-likeness (QED) is 0.355. The van der Waals surface area contributed by atoms with Crippen molar-refractivity contribution in [1.29, 1.82) is 0 Å². The Bertz CT molecular complexity index is 1660. The summed E-state index contributed by atoms with van der Waals surface area (Å²) < 4.78 is 18.8. The van der Waals surface area contributed by atoms with E-state index in [0.29, 0.717) is 47.1 Å². The van der Waals surface area contributed by atoms with Gasteiger partial charge >= 0.3 is 17.8 Å². The maximum absolute atomic E-state index is 14.0. The number of fused-ring (bicyclic) bond motifs is 1. The van der Waals surface area contributed by atoms with Gasteiger partial charge in [-0.2, -0.15) is 0 Å². The van der Waals surface area contributed by atoms with E-state index in [9.17, 15) is 24.3 Å². The van der Waals surface area contributed by atoms with E-state index in [2.05, 4.69) is 4.98 Å². The predicted octanol–water partition coefficient (Wildman–Crippen LogP) is 3.22. The molecule has 4 aromatic rings. The molecule has 0 aliphatic carbocycles. The van der Waals surface area contributed by atoms with Crippen LogP contribution in [0.1, 0.15) is 31.1 Å². The Morgan fingerprint density at radius 3 is 2.50 bits per heavy atom. The van der Waals surface area contributed by atoms with E-state index in [1.54, 1.807) is 31.2 Å². The van der Waals surface area contributed by atoms with E-state index in [4.69, 9.17) is 13.9 Å². The third-order valence-corrected chi connectivity index (χ3v) is 8.26. The number of nitrogens with zero attached hydrogens (tertiary/aromatic N) is 4. The molecule has 210 valence electrons. The summed E-state index contributed by atoms with van der Waals surface area (Å²) in [7, 11) is 0. The van der Waals surface area contributed by atoms with Crippen molar-refractivity contribution in [2.45, 2.75) is 39.0 Å². The third kappa shape index (κ3) is 4.82. The van der Waals surface area contributed by atoms with Gasteiger partial charge < -0.3 is 23.9 Å². The maximum Gasteiger partial charge on any atom is 0.410 e. The molecule has 0 bridgehead atoms. The second kappa shape index (κ2) is 10.7. The number of hydrogen-bond acceptors (Lipinski definition) is 9. The Balaban J connectivity index is 1.71. The average Bonchev–Trinajstić information content (AvgIpc) is 3.59. The first-order chi connectivity index (χ1) is 19.1. The van der Waals surface area contributed by atoms with Crippen molar-refractivity contribution in [3.8, 4) is 10.8 Å². The standard InChI is InChI=1S/C27H28N4O8S/c1-16-19-22(32)31(27(2,3)24(33)34)25(35)30(23(19)40-20(16)21-28-9-12-38-21)15-18(17-7-5-4-6-8-17)39-26(36)29-10-13-37-14-11-29/h4-9,12,18H,10-11,13-15H2,1-3H3,(H,33,34)/t18-/m1/s1. The lowest BCUT2D eigenvalue weighted by Crippen LogP contribution is -2.52. The number of carbonyl (C=O) groups excluding carboxylic acids is 1. The molecule has 0 radical (unpaired) electrons. The lowest BCUT2D eigenvalue weighted by molar-refractivity contribution is -0.146. The van der Waals surface area contributed by atoms with Gasteiger partial charge in [-0.15, -0.1) is 11.3 Å². The van der Waals surface area contributed by atoms with Gasteiger partial charge in [0.1, 0.15) is 22.7 Å². The summed E-state index contributed by atoms with van der Waals surface area (Å²) in [6.45, 7) is 5.61. The minimum atomic E-state index is -1.87. The number of amides is 1. The normalized spacial score (nSPS) is 14.8. The number of ether oxygens (including phenoxy) is 2. The Morgan fingerprint density at radius 2 is 1.88 bits per heavy atom. The second-order valence-corrected chi connectivity index (χ2v) is 10.9. The van der Waals surface area contributed by atoms with Crippen molar-refractivity contribution in [3.05, 3.63) is 74.8 Å². The van der Waals surface area contributed by atoms with Gasteiger partial charge in [-0.25, -0.2) is 23.9 Å². The topological polar surface area (TPSA) is 146 Å². The van der Waals surface area contributed by atoms with Gasteiger partial charge in [0.25, 0.3) is 5.56 Å². The zero-order valence-corrected chi connectivity index (χ0v) is 23.0. The van der Waals surface area contributed by atoms with Crippen molar-refractivity contribution >= 4 is 33.6 Å². The van der Waals surface area contributed by atoms with Crippen LogP contribution in [-0.2, 0) is 26.4 Å². The molecule has 1 saturated heterocycles. The van der Waals surface area contributed by atoms with Crippen LogP contribution in [0.4, 0.5) is 4.79 Å². The molecular formula is C27H28N4O8S. The molecule has 0 unspecified atom stereocenters. The van der Waals surface area contributed by atoms with Gasteiger partial charge in [-0.05, 0) is 31.9 Å². The number of oxazole rings is 1. The summed E-state index contributed by atoms with van der Waals surface area (Å²) in [5, 5.41) is 10.1. The molecule has 1 atom stereocenters. The number of aryl methyl sites for hydroxylation is 1. The highest BCUT2D eigenvalue weighted by molar-refractivity contribution is 7.22. The predicted molar refractivity (Wildman–Crippen MR) is 146 cm³/mol. The monoisotopic (exact) mass is 568 g/mol. The van der Waals surface area contributed by atoms with Crippen LogP contribution in [0.3, 0.4) is 0 Å². The van der Waals surface area contributed by atoms with E-state index in [1.165, 1.54) is 35.8 Å². The number of carboxylic acids is 1. The van der Waals surface area contributed by atoms with Crippen LogP contribution < -0.4 is 11.2 Å². The zero-order chi connectivity index (χ0) is 28.6. The van der Waals surface area contributed by atoms with Crippen LogP contribution in [0.25, 0.3) is 21.0 Å². The highest BCUT2D eigenvalue weighted by Crippen LogP contribution is 2.36. The molecular weight excluding hydrogens is 540 g/mol. The SMILES string of the molecule is Cc1c(-c2ncco2)sc2c1c(=O)n(C(C)(C)C(=O)O)c(=O)n2C[C@@H](OC(=O)N1CCOCC1)c1ccccc1. The molecule has 13 heteroatoms. The third-order valence-electron chi connectivity index (χ3n) is 6.95. The minimum Gasteiger partial charge on any atom is -0.480 e. The fraction of sp³-hybridized carbons (Fsp3) is 0.370. The van der Waals surface area contributed by atoms with Crippen LogP contribution in [0.15, 0.2) is 56.8 Å². The Hall–Kier alpha value is -4.23. The molecule has 5 rings (SSSR count). The van der Waals surface area contributed by atoms with Crippen molar-refractivity contribution in [2.24, 2.45) is 0 Å². The molecule has 3 aromatic heterocycles. The van der Waals surface area contributed by atoms with E-state index >= 15 is 0 Å². The fourth-order valence-electron chi connectivity index (χ4n) is 4.62. The van der Waals surface area contributed by atoms with Crippen molar-refractivity contribution in [2.75, 3.05) is 26.3 Å². The molecule has 4 heterocycles. The smallest absolute Gasteiger partial charge is 0.410 e. The molecule has 1 aliphatic heterocycles. The molecule has 1 aromatic carbocycles. The summed E-state index contributed by atoms with van der Waals surface area (Å²) >= 11 is 1.13. The molecule has 1 amide bonds. The summed E-state index contributed by atoms with van der Waals surface area (Å²) in [4.78, 5) is 59.6. The van der Waals surface area contributed by atoms with Gasteiger partial charge in [0.05, 0.1) is 36.2 Å². The molecule has 0 spiro atoms. The first-order valence-corrected chi connectivity index (χ1v) is 13.4. The highest BCUT2D eigenvalue weighted by atomic mass is 32.1. The molecule has 12 nitrogen and oxygen atoms in total. The minimum absolute atomic E-state index is 0.165. The Morgan fingerprint density at radius 1 is 1.18 bits per heavy atom. The van der Waals surface area contributed by atoms with Crippen LogP contribution in [0.5, 0.6) is 0 Å². The lowest BCUT2D eigenvalue weighted by Gasteiger charge is -2.29. The van der Waals surface area contributed by atoms with Crippen molar-refractivity contribution < 1.29 is 28.6 Å². The van der Waals surface area contributed by atoms with Crippen LogP contribution in [0, 0.1) is 6.92 Å². The van der Waals surface area contributed by atoms with Crippen LogP contribution in [-0.4, -0.2) is 62.5 Å². The number of carboxylic acid groups (broad SMARTS) is 1. The number of thiophene rings is 1. The first-order valence-electron chi connectivity index (χ1n) is 12.6. The number of benzene rings is 1. The average molecular weight is 569 g/mol.